The second kappa shape index (κ2) is 24.1. The molecule has 0 aliphatic heterocycles. The highest BCUT2D eigenvalue weighted by Gasteiger charge is 2.24. The molecule has 0 aromatic rings. The van der Waals surface area contributed by atoms with Crippen molar-refractivity contribution in [1.82, 2.24) is 15.8 Å². The number of carbonyl (C=O) groups is 3. The summed E-state index contributed by atoms with van der Waals surface area (Å²) in [6.45, 7) is 7.03. The molecule has 0 rings (SSSR count). The zero-order valence-corrected chi connectivity index (χ0v) is 23.2. The van der Waals surface area contributed by atoms with E-state index in [0.717, 1.165) is 57.8 Å². The zero-order valence-electron chi connectivity index (χ0n) is 23.2. The Kier molecular flexibility index (Phi) is 23.0. The molecule has 0 aromatic heterocycles. The van der Waals surface area contributed by atoms with Crippen LogP contribution in [0.3, 0.4) is 0 Å². The second-order valence-corrected chi connectivity index (χ2v) is 9.82. The van der Waals surface area contributed by atoms with Gasteiger partial charge in [0.25, 0.3) is 5.91 Å². The normalized spacial score (nSPS) is 11.8. The van der Waals surface area contributed by atoms with E-state index in [4.69, 9.17) is 5.73 Å². The Bertz CT molecular complexity index is 542. The van der Waals surface area contributed by atoms with Crippen LogP contribution in [0.2, 0.25) is 0 Å². The number of nitrogens with two attached hydrogens (primary N) is 1. The monoisotopic (exact) mass is 496 g/mol. The van der Waals surface area contributed by atoms with Crippen molar-refractivity contribution >= 4 is 17.7 Å². The third-order valence-electron chi connectivity index (χ3n) is 6.40. The second-order valence-electron chi connectivity index (χ2n) is 9.82. The molecule has 0 saturated heterocycles. The Hall–Kier alpha value is -1.63. The quantitative estimate of drug-likeness (QED) is 0.123. The number of hydrogen-bond donors (Lipinski definition) is 3. The van der Waals surface area contributed by atoms with Gasteiger partial charge in [0.1, 0.15) is 6.04 Å². The molecule has 0 aliphatic carbocycles. The first kappa shape index (κ1) is 33.4. The fourth-order valence-electron chi connectivity index (χ4n) is 4.15. The van der Waals surface area contributed by atoms with Crippen molar-refractivity contribution in [1.29, 1.82) is 0 Å². The Morgan fingerprint density at radius 2 is 1.17 bits per heavy atom. The fraction of sp³-hybridized carbons (Fsp3) is 0.893. The predicted molar refractivity (Wildman–Crippen MR) is 146 cm³/mol. The average molecular weight is 497 g/mol. The maximum Gasteiger partial charge on any atom is 0.261 e. The van der Waals surface area contributed by atoms with Crippen molar-refractivity contribution in [3.8, 4) is 0 Å². The molecule has 0 spiro atoms. The zero-order chi connectivity index (χ0) is 26.2. The lowest BCUT2D eigenvalue weighted by atomic mass is 10.0. The number of carbonyl (C=O) groups excluding carboxylic acids is 3. The minimum Gasteiger partial charge on any atom is -0.344 e. The van der Waals surface area contributed by atoms with Crippen LogP contribution in [0.5, 0.6) is 0 Å². The standard InChI is InChI=1S/C28H56N4O3/c1-4-7-10-12-14-16-19-21-26(33)30-25(20-18-15-13-11-8-5-2)28(35)31-32(24-23-29)27(34)22-17-9-6-3/h25H,4-24,29H2,1-3H3,(H,30,33)(H,31,35). The summed E-state index contributed by atoms with van der Waals surface area (Å²) in [5, 5.41) is 4.29. The van der Waals surface area contributed by atoms with Gasteiger partial charge in [-0.05, 0) is 19.3 Å². The summed E-state index contributed by atoms with van der Waals surface area (Å²) in [6, 6.07) is -0.623. The number of amides is 3. The highest BCUT2D eigenvalue weighted by molar-refractivity contribution is 5.89. The minimum atomic E-state index is -0.623. The van der Waals surface area contributed by atoms with Crippen molar-refractivity contribution in [3.63, 3.8) is 0 Å². The molecule has 0 fully saturated rings. The van der Waals surface area contributed by atoms with Crippen LogP contribution in [0, 0.1) is 0 Å². The first-order valence-corrected chi connectivity index (χ1v) is 14.6. The smallest absolute Gasteiger partial charge is 0.261 e. The molecule has 0 aromatic carbocycles. The van der Waals surface area contributed by atoms with Crippen molar-refractivity contribution in [2.75, 3.05) is 13.1 Å². The van der Waals surface area contributed by atoms with E-state index in [1.165, 1.54) is 50.0 Å². The van der Waals surface area contributed by atoms with E-state index < -0.39 is 6.04 Å². The maximum atomic E-state index is 13.1. The van der Waals surface area contributed by atoms with E-state index in [1.807, 2.05) is 0 Å². The highest BCUT2D eigenvalue weighted by Crippen LogP contribution is 2.11. The lowest BCUT2D eigenvalue weighted by molar-refractivity contribution is -0.143. The van der Waals surface area contributed by atoms with Gasteiger partial charge in [0.2, 0.25) is 11.8 Å². The molecule has 7 nitrogen and oxygen atoms in total. The maximum absolute atomic E-state index is 13.1. The lowest BCUT2D eigenvalue weighted by Gasteiger charge is -2.26. The molecule has 3 amide bonds. The van der Waals surface area contributed by atoms with Gasteiger partial charge in [0.05, 0.1) is 6.54 Å². The Labute approximate surface area is 215 Å². The Morgan fingerprint density at radius 1 is 0.686 bits per heavy atom. The summed E-state index contributed by atoms with van der Waals surface area (Å²) >= 11 is 0. The first-order chi connectivity index (χ1) is 17.0. The van der Waals surface area contributed by atoms with Gasteiger partial charge in [-0.25, -0.2) is 0 Å². The fourth-order valence-corrected chi connectivity index (χ4v) is 4.15. The topological polar surface area (TPSA) is 105 Å². The van der Waals surface area contributed by atoms with Crippen LogP contribution >= 0.6 is 0 Å². The van der Waals surface area contributed by atoms with E-state index in [-0.39, 0.29) is 30.8 Å². The van der Waals surface area contributed by atoms with Crippen LogP contribution in [0.4, 0.5) is 0 Å². The van der Waals surface area contributed by atoms with Crippen molar-refractivity contribution in [2.24, 2.45) is 5.73 Å². The summed E-state index contributed by atoms with van der Waals surface area (Å²) in [4.78, 5) is 38.3. The number of hydrogen-bond acceptors (Lipinski definition) is 4. The molecule has 0 bridgehead atoms. The number of nitrogens with one attached hydrogen (secondary N) is 2. The van der Waals surface area contributed by atoms with Crippen LogP contribution in [0.25, 0.3) is 0 Å². The molecular weight excluding hydrogens is 440 g/mol. The van der Waals surface area contributed by atoms with Gasteiger partial charge >= 0.3 is 0 Å². The molecule has 206 valence electrons. The molecule has 0 aliphatic rings. The summed E-state index contributed by atoms with van der Waals surface area (Å²) in [7, 11) is 0. The Balaban J connectivity index is 4.79. The molecule has 0 saturated carbocycles. The van der Waals surface area contributed by atoms with Gasteiger partial charge in [-0.15, -0.1) is 0 Å². The molecular formula is C28H56N4O3. The van der Waals surface area contributed by atoms with Gasteiger partial charge in [-0.1, -0.05) is 111 Å². The highest BCUT2D eigenvalue weighted by atomic mass is 16.2. The third kappa shape index (κ3) is 19.3. The van der Waals surface area contributed by atoms with Crippen LogP contribution < -0.4 is 16.5 Å². The third-order valence-corrected chi connectivity index (χ3v) is 6.40. The summed E-state index contributed by atoms with van der Waals surface area (Å²) < 4.78 is 0. The first-order valence-electron chi connectivity index (χ1n) is 14.6. The summed E-state index contributed by atoms with van der Waals surface area (Å²) in [5.41, 5.74) is 8.44. The summed E-state index contributed by atoms with van der Waals surface area (Å²) in [5.74, 6) is -0.516. The molecule has 4 N–H and O–H groups in total. The van der Waals surface area contributed by atoms with Crippen molar-refractivity contribution in [2.45, 2.75) is 149 Å². The van der Waals surface area contributed by atoms with Crippen molar-refractivity contribution < 1.29 is 14.4 Å². The van der Waals surface area contributed by atoms with Crippen molar-refractivity contribution in [3.05, 3.63) is 0 Å². The van der Waals surface area contributed by atoms with Gasteiger partial charge < -0.3 is 11.1 Å². The number of rotatable bonds is 23. The number of hydrazine groups is 1. The van der Waals surface area contributed by atoms with Gasteiger partial charge in [-0.2, -0.15) is 0 Å². The average Bonchev–Trinajstić information content (AvgIpc) is 2.84. The van der Waals surface area contributed by atoms with Gasteiger partial charge in [0, 0.05) is 19.4 Å². The largest absolute Gasteiger partial charge is 0.344 e. The van der Waals surface area contributed by atoms with Gasteiger partial charge in [-0.3, -0.25) is 24.8 Å². The van der Waals surface area contributed by atoms with Crippen LogP contribution in [0.15, 0.2) is 0 Å². The van der Waals surface area contributed by atoms with Crippen LogP contribution in [-0.2, 0) is 14.4 Å². The molecule has 0 radical (unpaired) electrons. The van der Waals surface area contributed by atoms with E-state index in [1.54, 1.807) is 0 Å². The van der Waals surface area contributed by atoms with E-state index in [0.29, 0.717) is 19.3 Å². The lowest BCUT2D eigenvalue weighted by Crippen LogP contribution is -2.55. The molecule has 1 unspecified atom stereocenters. The van der Waals surface area contributed by atoms with E-state index in [9.17, 15) is 14.4 Å². The predicted octanol–water partition coefficient (Wildman–Crippen LogP) is 5.76. The summed E-state index contributed by atoms with van der Waals surface area (Å²) in [6.07, 6.45) is 18.9. The van der Waals surface area contributed by atoms with E-state index >= 15 is 0 Å². The number of nitrogens with zero attached hydrogens (tertiary/aromatic N) is 1. The number of unbranched alkanes of at least 4 members (excludes halogenated alkanes) is 13. The van der Waals surface area contributed by atoms with Crippen LogP contribution in [-0.4, -0.2) is 41.9 Å². The SMILES string of the molecule is CCCCCCCCCC(=O)NC(CCCCCCCC)C(=O)NN(CCN)C(=O)CCCCC. The van der Waals surface area contributed by atoms with Crippen LogP contribution in [0.1, 0.15) is 143 Å². The van der Waals surface area contributed by atoms with Gasteiger partial charge in [0.15, 0.2) is 0 Å². The Morgan fingerprint density at radius 3 is 1.74 bits per heavy atom. The molecule has 35 heavy (non-hydrogen) atoms. The molecule has 1 atom stereocenters. The molecule has 7 heteroatoms. The molecule has 0 heterocycles. The minimum absolute atomic E-state index is 0.0793. The van der Waals surface area contributed by atoms with E-state index in [2.05, 4.69) is 31.5 Å².